The number of esters is 1. The standard InChI is InChI=1S/C38H72N2O13/c1-14-27-38(9,47)31(43)23(5)40(12)18-20(2)16-36(7,46)33(53-35-29(42)26(39(10)11)15-21(3)49-35)25(19-41)30(22(4)34(45)51-27)52-28-17-37(8,48-13)32(44)24(6)50-28/h20-33,35,41-44,46-47H,14-19H2,1-13H3/t20-,21-,22-,23-,24+,25+,26+,27-,28+,29-,30-,31-,32+,33-,35+,36-,37-,38-/m1/s1. The van der Waals surface area contributed by atoms with Crippen LogP contribution in [0, 0.1) is 17.8 Å². The summed E-state index contributed by atoms with van der Waals surface area (Å²) in [6, 6.07) is -0.911. The Balaban J connectivity index is 2.22. The average Bonchev–Trinajstić information content (AvgIpc) is 3.07. The summed E-state index contributed by atoms with van der Waals surface area (Å²) in [6.07, 6.45) is -9.52. The van der Waals surface area contributed by atoms with Crippen molar-refractivity contribution in [2.45, 2.75) is 178 Å². The molecule has 0 spiro atoms. The molecule has 3 aliphatic rings. The molecule has 53 heavy (non-hydrogen) atoms. The van der Waals surface area contributed by atoms with Crippen molar-refractivity contribution in [3.05, 3.63) is 0 Å². The predicted octanol–water partition coefficient (Wildman–Crippen LogP) is 0.873. The second kappa shape index (κ2) is 18.5. The number of ether oxygens (including phenoxy) is 6. The Kier molecular flexibility index (Phi) is 16.2. The zero-order valence-electron chi connectivity index (χ0n) is 34.3. The lowest BCUT2D eigenvalue weighted by Crippen LogP contribution is -2.61. The summed E-state index contributed by atoms with van der Waals surface area (Å²) in [5, 5.41) is 69.5. The zero-order valence-corrected chi connectivity index (χ0v) is 34.3. The summed E-state index contributed by atoms with van der Waals surface area (Å²) >= 11 is 0. The van der Waals surface area contributed by atoms with Gasteiger partial charge in [0.1, 0.15) is 30.0 Å². The van der Waals surface area contributed by atoms with Gasteiger partial charge < -0.3 is 68.9 Å². The molecule has 15 nitrogen and oxygen atoms in total. The van der Waals surface area contributed by atoms with Crippen LogP contribution in [0.5, 0.6) is 0 Å². The van der Waals surface area contributed by atoms with E-state index in [-0.39, 0.29) is 37.3 Å². The molecule has 0 aromatic carbocycles. The third-order valence-corrected chi connectivity index (χ3v) is 12.2. The highest BCUT2D eigenvalue weighted by Crippen LogP contribution is 2.40. The zero-order chi connectivity index (χ0) is 40.4. The van der Waals surface area contributed by atoms with Gasteiger partial charge in [0.05, 0.1) is 48.1 Å². The molecule has 312 valence electrons. The van der Waals surface area contributed by atoms with Crippen molar-refractivity contribution in [2.75, 3.05) is 41.4 Å². The number of carbonyl (C=O) groups is 1. The van der Waals surface area contributed by atoms with E-state index >= 15 is 0 Å². The van der Waals surface area contributed by atoms with E-state index in [1.165, 1.54) is 14.0 Å². The second-order valence-electron chi connectivity index (χ2n) is 17.2. The molecule has 18 atom stereocenters. The molecule has 0 unspecified atom stereocenters. The number of likely N-dealkylation sites (N-methyl/N-ethyl adjacent to an activating group) is 2. The van der Waals surface area contributed by atoms with E-state index < -0.39 is 103 Å². The molecule has 0 bridgehead atoms. The molecule has 3 rings (SSSR count). The lowest BCUT2D eigenvalue weighted by atomic mass is 9.77. The van der Waals surface area contributed by atoms with Crippen molar-refractivity contribution < 1.29 is 63.9 Å². The van der Waals surface area contributed by atoms with E-state index in [2.05, 4.69) is 0 Å². The summed E-state index contributed by atoms with van der Waals surface area (Å²) in [4.78, 5) is 18.0. The Hall–Kier alpha value is -1.05. The minimum absolute atomic E-state index is 0.0551. The van der Waals surface area contributed by atoms with Crippen molar-refractivity contribution in [3.8, 4) is 0 Å². The summed E-state index contributed by atoms with van der Waals surface area (Å²) in [5.41, 5.74) is -4.65. The van der Waals surface area contributed by atoms with Gasteiger partial charge in [-0.25, -0.2) is 0 Å². The Morgan fingerprint density at radius 1 is 0.962 bits per heavy atom. The van der Waals surface area contributed by atoms with Crippen LogP contribution >= 0.6 is 0 Å². The van der Waals surface area contributed by atoms with Crippen LogP contribution in [-0.4, -0.2) is 178 Å². The van der Waals surface area contributed by atoms with E-state index in [0.29, 0.717) is 13.0 Å². The van der Waals surface area contributed by atoms with E-state index in [1.54, 1.807) is 41.5 Å². The van der Waals surface area contributed by atoms with Crippen molar-refractivity contribution in [2.24, 2.45) is 17.8 Å². The van der Waals surface area contributed by atoms with Crippen molar-refractivity contribution in [1.82, 2.24) is 9.80 Å². The van der Waals surface area contributed by atoms with Gasteiger partial charge in [-0.05, 0) is 94.8 Å². The van der Waals surface area contributed by atoms with Gasteiger partial charge in [0.25, 0.3) is 0 Å². The fourth-order valence-corrected chi connectivity index (χ4v) is 8.70. The molecule has 0 aromatic heterocycles. The number of hydrogen-bond donors (Lipinski definition) is 6. The van der Waals surface area contributed by atoms with Crippen LogP contribution in [0.25, 0.3) is 0 Å². The van der Waals surface area contributed by atoms with Crippen LogP contribution in [0.4, 0.5) is 0 Å². The van der Waals surface area contributed by atoms with Gasteiger partial charge in [0.2, 0.25) is 0 Å². The Bertz CT molecular complexity index is 1160. The molecule has 0 saturated carbocycles. The topological polar surface area (TPSA) is 200 Å². The van der Waals surface area contributed by atoms with E-state index in [1.807, 2.05) is 44.8 Å². The summed E-state index contributed by atoms with van der Waals surface area (Å²) in [7, 11) is 6.98. The van der Waals surface area contributed by atoms with Gasteiger partial charge in [0.15, 0.2) is 12.6 Å². The molecule has 6 N–H and O–H groups in total. The van der Waals surface area contributed by atoms with Gasteiger partial charge in [-0.15, -0.1) is 0 Å². The molecule has 0 amide bonds. The lowest BCUT2D eigenvalue weighted by molar-refractivity contribution is -0.321. The van der Waals surface area contributed by atoms with Crippen LogP contribution < -0.4 is 0 Å². The minimum Gasteiger partial charge on any atom is -0.459 e. The van der Waals surface area contributed by atoms with Crippen molar-refractivity contribution in [1.29, 1.82) is 0 Å². The first-order valence-corrected chi connectivity index (χ1v) is 19.3. The summed E-state index contributed by atoms with van der Waals surface area (Å²) < 4.78 is 37.3. The molecular weight excluding hydrogens is 692 g/mol. The smallest absolute Gasteiger partial charge is 0.311 e. The molecule has 0 aromatic rings. The minimum atomic E-state index is -1.85. The molecule has 3 heterocycles. The molecule has 15 heteroatoms. The fourth-order valence-electron chi connectivity index (χ4n) is 8.70. The number of cyclic esters (lactones) is 1. The average molecular weight is 765 g/mol. The molecular formula is C38H72N2O13. The van der Waals surface area contributed by atoms with Crippen LogP contribution in [0.15, 0.2) is 0 Å². The largest absolute Gasteiger partial charge is 0.459 e. The molecule has 3 fully saturated rings. The van der Waals surface area contributed by atoms with Crippen LogP contribution in [0.3, 0.4) is 0 Å². The highest BCUT2D eigenvalue weighted by molar-refractivity contribution is 5.73. The lowest BCUT2D eigenvalue weighted by Gasteiger charge is -2.49. The Morgan fingerprint density at radius 3 is 2.13 bits per heavy atom. The van der Waals surface area contributed by atoms with E-state index in [4.69, 9.17) is 28.4 Å². The van der Waals surface area contributed by atoms with Crippen molar-refractivity contribution >= 4 is 5.97 Å². The van der Waals surface area contributed by atoms with Gasteiger partial charge in [0, 0.05) is 38.1 Å². The highest BCUT2D eigenvalue weighted by Gasteiger charge is 2.53. The maximum Gasteiger partial charge on any atom is 0.311 e. The van der Waals surface area contributed by atoms with Crippen LogP contribution in [0.2, 0.25) is 0 Å². The number of aliphatic hydroxyl groups is 6. The third kappa shape index (κ3) is 10.5. The van der Waals surface area contributed by atoms with E-state index in [9.17, 15) is 35.4 Å². The number of carbonyl (C=O) groups excluding carboxylic acids is 1. The first-order chi connectivity index (χ1) is 24.4. The number of rotatable bonds is 8. The number of nitrogens with zero attached hydrogens (tertiary/aromatic N) is 2. The van der Waals surface area contributed by atoms with Gasteiger partial charge in [-0.1, -0.05) is 13.8 Å². The quantitative estimate of drug-likeness (QED) is 0.190. The summed E-state index contributed by atoms with van der Waals surface area (Å²) in [5.74, 6) is -3.31. The number of methoxy groups -OCH3 is 1. The van der Waals surface area contributed by atoms with Gasteiger partial charge in [-0.3, -0.25) is 4.79 Å². The van der Waals surface area contributed by atoms with Crippen molar-refractivity contribution in [3.63, 3.8) is 0 Å². The predicted molar refractivity (Wildman–Crippen MR) is 196 cm³/mol. The number of aliphatic hydroxyl groups excluding tert-OH is 4. The molecule has 0 aliphatic carbocycles. The summed E-state index contributed by atoms with van der Waals surface area (Å²) in [6.45, 7) is 15.1. The Morgan fingerprint density at radius 2 is 1.58 bits per heavy atom. The second-order valence-corrected chi connectivity index (χ2v) is 17.2. The number of hydrogen-bond acceptors (Lipinski definition) is 15. The monoisotopic (exact) mass is 765 g/mol. The molecule has 3 aliphatic heterocycles. The molecule has 0 radical (unpaired) electrons. The first kappa shape index (κ1) is 46.3. The van der Waals surface area contributed by atoms with Crippen LogP contribution in [0.1, 0.15) is 88.0 Å². The highest BCUT2D eigenvalue weighted by atomic mass is 16.7. The van der Waals surface area contributed by atoms with Gasteiger partial charge in [-0.2, -0.15) is 0 Å². The third-order valence-electron chi connectivity index (χ3n) is 12.2. The fraction of sp³-hybridized carbons (Fsp3) is 0.974. The molecule has 3 saturated heterocycles. The normalized spacial score (nSPS) is 48.9. The van der Waals surface area contributed by atoms with Crippen LogP contribution in [-0.2, 0) is 33.2 Å². The maximum atomic E-state index is 14.2. The maximum absolute atomic E-state index is 14.2. The van der Waals surface area contributed by atoms with E-state index in [0.717, 1.165) is 0 Å². The SMILES string of the molecule is CC[C@H]1OC(=O)[C@H](C)[C@@H](O[C@H]2C[C@@](C)(OC)[C@@H](O)[C@H](C)O2)[C@H](CO)[C@@H](O[C@@H]2O[C@H](C)C[C@H](N(C)C)[C@H]2O)[C@](C)(O)C[C@@H](C)CN(C)[C@H](C)[C@@H](O)[C@]1(C)O. The van der Waals surface area contributed by atoms with Gasteiger partial charge >= 0.3 is 5.97 Å². The first-order valence-electron chi connectivity index (χ1n) is 19.3. The Labute approximate surface area is 316 Å².